The molecular formula is C33H47NO6S2. The third-order valence-electron chi connectivity index (χ3n) is 7.67. The summed E-state index contributed by atoms with van der Waals surface area (Å²) in [6.07, 6.45) is 6.82. The van der Waals surface area contributed by atoms with Gasteiger partial charge in [0.2, 0.25) is 0 Å². The number of hydrogen-bond acceptors (Lipinski definition) is 9. The summed E-state index contributed by atoms with van der Waals surface area (Å²) < 4.78 is 13.1. The van der Waals surface area contributed by atoms with Crippen LogP contribution in [0.3, 0.4) is 0 Å². The van der Waals surface area contributed by atoms with Gasteiger partial charge in [-0.15, -0.1) is 0 Å². The first-order valence-electron chi connectivity index (χ1n) is 15.4. The van der Waals surface area contributed by atoms with E-state index in [1.54, 1.807) is 0 Å². The van der Waals surface area contributed by atoms with Crippen molar-refractivity contribution in [3.8, 4) is 11.5 Å². The molecule has 0 aliphatic carbocycles. The highest BCUT2D eigenvalue weighted by Gasteiger charge is 2.40. The van der Waals surface area contributed by atoms with Crippen LogP contribution in [0.25, 0.3) is 0 Å². The first-order chi connectivity index (χ1) is 19.9. The molecule has 2 heterocycles. The van der Waals surface area contributed by atoms with Crippen molar-refractivity contribution in [2.24, 2.45) is 22.9 Å². The molecule has 2 unspecified atom stereocenters. The SMILES string of the molecule is CCCCC(CC)C(=O)Oc1cc(C(C)(C)C)c(OC(=O)C(CC)CCCC)c2c1S/C(=C1/C(=O)ON=C1C(C)C)S2. The molecule has 0 fully saturated rings. The maximum atomic E-state index is 13.5. The van der Waals surface area contributed by atoms with Crippen LogP contribution in [0.2, 0.25) is 0 Å². The number of rotatable bonds is 13. The van der Waals surface area contributed by atoms with Crippen LogP contribution in [0.5, 0.6) is 11.5 Å². The monoisotopic (exact) mass is 617 g/mol. The molecular weight excluding hydrogens is 570 g/mol. The summed E-state index contributed by atoms with van der Waals surface area (Å²) in [5.41, 5.74) is 1.33. The third-order valence-corrected chi connectivity index (χ3v) is 10.3. The van der Waals surface area contributed by atoms with Crippen LogP contribution in [-0.4, -0.2) is 23.6 Å². The van der Waals surface area contributed by atoms with Crippen molar-refractivity contribution in [2.75, 3.05) is 0 Å². The maximum absolute atomic E-state index is 13.5. The van der Waals surface area contributed by atoms with Crippen molar-refractivity contribution < 1.29 is 28.7 Å². The molecule has 9 heteroatoms. The zero-order chi connectivity index (χ0) is 31.2. The highest BCUT2D eigenvalue weighted by Crippen LogP contribution is 2.61. The van der Waals surface area contributed by atoms with E-state index in [0.717, 1.165) is 44.1 Å². The number of nitrogens with zero attached hydrogens (tertiary/aromatic N) is 1. The molecule has 0 spiro atoms. The Morgan fingerprint density at radius 2 is 1.45 bits per heavy atom. The molecule has 3 rings (SSSR count). The largest absolute Gasteiger partial charge is 0.425 e. The summed E-state index contributed by atoms with van der Waals surface area (Å²) in [6, 6.07) is 1.85. The fourth-order valence-corrected chi connectivity index (χ4v) is 7.65. The lowest BCUT2D eigenvalue weighted by Gasteiger charge is -2.26. The van der Waals surface area contributed by atoms with Crippen LogP contribution in [0, 0.1) is 17.8 Å². The molecule has 1 aromatic rings. The standard InChI is InChI=1S/C33H47NO6S2/c1-10-14-16-20(12-3)29(35)38-23-18-22(33(7,8)9)26(39-30(36)21(13-4)17-15-11-2)28-27(23)41-32(42-28)24-25(19(5)6)34-40-31(24)37/h18-21H,10-17H2,1-9H3/b32-24-. The second kappa shape index (κ2) is 15.0. The predicted octanol–water partition coefficient (Wildman–Crippen LogP) is 9.21. The second-order valence-electron chi connectivity index (χ2n) is 12.4. The van der Waals surface area contributed by atoms with E-state index in [2.05, 4.69) is 19.0 Å². The van der Waals surface area contributed by atoms with Crippen molar-refractivity contribution in [3.63, 3.8) is 0 Å². The highest BCUT2D eigenvalue weighted by atomic mass is 32.2. The lowest BCUT2D eigenvalue weighted by Crippen LogP contribution is -2.24. The first-order valence-corrected chi connectivity index (χ1v) is 17.0. The summed E-state index contributed by atoms with van der Waals surface area (Å²) in [5.74, 6) is -0.585. The molecule has 42 heavy (non-hydrogen) atoms. The van der Waals surface area contributed by atoms with Gasteiger partial charge in [-0.25, -0.2) is 4.79 Å². The van der Waals surface area contributed by atoms with Crippen LogP contribution in [0.4, 0.5) is 0 Å². The van der Waals surface area contributed by atoms with Crippen LogP contribution >= 0.6 is 23.5 Å². The average Bonchev–Trinajstić information content (AvgIpc) is 3.54. The van der Waals surface area contributed by atoms with E-state index in [1.807, 2.05) is 54.5 Å². The third kappa shape index (κ3) is 7.81. The molecule has 0 bridgehead atoms. The number of thioether (sulfide) groups is 2. The predicted molar refractivity (Wildman–Crippen MR) is 170 cm³/mol. The Balaban J connectivity index is 2.18. The maximum Gasteiger partial charge on any atom is 0.369 e. The van der Waals surface area contributed by atoms with Gasteiger partial charge in [-0.05, 0) is 43.1 Å². The lowest BCUT2D eigenvalue weighted by molar-refractivity contribution is -0.140. The molecule has 232 valence electrons. The number of carbonyl (C=O) groups excluding carboxylic acids is 3. The Kier molecular flexibility index (Phi) is 12.2. The van der Waals surface area contributed by atoms with Crippen molar-refractivity contribution in [1.29, 1.82) is 0 Å². The van der Waals surface area contributed by atoms with Crippen molar-refractivity contribution in [1.82, 2.24) is 0 Å². The second-order valence-corrected chi connectivity index (χ2v) is 14.7. The van der Waals surface area contributed by atoms with E-state index >= 15 is 0 Å². The van der Waals surface area contributed by atoms with Crippen LogP contribution in [0.15, 0.2) is 30.8 Å². The molecule has 2 aliphatic rings. The molecule has 0 aromatic heterocycles. The Morgan fingerprint density at radius 1 is 0.905 bits per heavy atom. The Bertz CT molecular complexity index is 1240. The minimum atomic E-state index is -0.508. The van der Waals surface area contributed by atoms with Crippen molar-refractivity contribution in [2.45, 2.75) is 129 Å². The molecule has 0 radical (unpaired) electrons. The van der Waals surface area contributed by atoms with E-state index < -0.39 is 11.4 Å². The number of hydrogen-bond donors (Lipinski definition) is 0. The number of oxime groups is 1. The van der Waals surface area contributed by atoms with E-state index in [9.17, 15) is 14.4 Å². The van der Waals surface area contributed by atoms with Gasteiger partial charge in [0.05, 0.1) is 31.6 Å². The van der Waals surface area contributed by atoms with Crippen molar-refractivity contribution >= 4 is 47.1 Å². The van der Waals surface area contributed by atoms with E-state index in [1.165, 1.54) is 23.5 Å². The topological polar surface area (TPSA) is 91.3 Å². The van der Waals surface area contributed by atoms with Gasteiger partial charge in [0, 0.05) is 5.56 Å². The molecule has 0 saturated carbocycles. The van der Waals surface area contributed by atoms with Gasteiger partial charge in [-0.2, -0.15) is 0 Å². The van der Waals surface area contributed by atoms with E-state index in [4.69, 9.17) is 14.3 Å². The highest BCUT2D eigenvalue weighted by molar-refractivity contribution is 8.25. The number of fused-ring (bicyclic) bond motifs is 1. The fraction of sp³-hybridized carbons (Fsp3) is 0.636. The molecule has 0 amide bonds. The van der Waals surface area contributed by atoms with Crippen LogP contribution in [-0.2, 0) is 24.6 Å². The van der Waals surface area contributed by atoms with Gasteiger partial charge in [0.1, 0.15) is 17.1 Å². The minimum Gasteiger partial charge on any atom is -0.425 e. The van der Waals surface area contributed by atoms with Gasteiger partial charge < -0.3 is 14.3 Å². The number of ether oxygens (including phenoxy) is 2. The van der Waals surface area contributed by atoms with Crippen molar-refractivity contribution in [3.05, 3.63) is 21.4 Å². The van der Waals surface area contributed by atoms with Gasteiger partial charge >= 0.3 is 17.9 Å². The summed E-state index contributed by atoms with van der Waals surface area (Å²) in [6.45, 7) is 18.3. The summed E-state index contributed by atoms with van der Waals surface area (Å²) in [5, 5.41) is 4.04. The smallest absolute Gasteiger partial charge is 0.369 e. The summed E-state index contributed by atoms with van der Waals surface area (Å²) >= 11 is 2.70. The number of esters is 2. The molecule has 7 nitrogen and oxygen atoms in total. The normalized spacial score (nSPS) is 18.0. The zero-order valence-corrected chi connectivity index (χ0v) is 28.3. The van der Waals surface area contributed by atoms with Gasteiger partial charge in [0.15, 0.2) is 0 Å². The molecule has 2 atom stereocenters. The fourth-order valence-electron chi connectivity index (χ4n) is 4.95. The van der Waals surface area contributed by atoms with Gasteiger partial charge in [-0.1, -0.05) is 117 Å². The zero-order valence-electron chi connectivity index (χ0n) is 26.7. The molecule has 1 aromatic carbocycles. The number of unbranched alkanes of at least 4 members (excludes halogenated alkanes) is 2. The van der Waals surface area contributed by atoms with E-state index in [0.29, 0.717) is 49.7 Å². The summed E-state index contributed by atoms with van der Waals surface area (Å²) in [7, 11) is 0. The first kappa shape index (κ1) is 34.2. The summed E-state index contributed by atoms with van der Waals surface area (Å²) in [4.78, 5) is 46.2. The number of carbonyl (C=O) groups is 3. The lowest BCUT2D eigenvalue weighted by atomic mass is 9.86. The van der Waals surface area contributed by atoms with Gasteiger partial charge in [0.25, 0.3) is 0 Å². The minimum absolute atomic E-state index is 0.0312. The average molecular weight is 618 g/mol. The Labute approximate surface area is 260 Å². The van der Waals surface area contributed by atoms with Crippen LogP contribution < -0.4 is 9.47 Å². The Morgan fingerprint density at radius 3 is 1.95 bits per heavy atom. The molecule has 0 N–H and O–H groups in total. The molecule has 0 saturated heterocycles. The molecule has 2 aliphatic heterocycles. The number of benzene rings is 1. The van der Waals surface area contributed by atoms with E-state index in [-0.39, 0.29) is 29.7 Å². The quantitative estimate of drug-likeness (QED) is 0.0936. The van der Waals surface area contributed by atoms with Crippen LogP contribution in [0.1, 0.15) is 119 Å². The van der Waals surface area contributed by atoms with Gasteiger partial charge in [-0.3, -0.25) is 9.59 Å². The Hall–Kier alpha value is -2.26.